The van der Waals surface area contributed by atoms with Crippen LogP contribution in [0.2, 0.25) is 0 Å². The van der Waals surface area contributed by atoms with Crippen LogP contribution in [0.5, 0.6) is 0 Å². The molecular formula is C14H22N2O2S. The number of carbonyl (C=O) groups is 1. The van der Waals surface area contributed by atoms with Gasteiger partial charge in [-0.1, -0.05) is 13.3 Å². The van der Waals surface area contributed by atoms with Crippen molar-refractivity contribution in [3.8, 4) is 0 Å². The molecule has 5 heteroatoms. The summed E-state index contributed by atoms with van der Waals surface area (Å²) in [5.74, 6) is 0.540. The lowest BCUT2D eigenvalue weighted by Crippen LogP contribution is -2.25. The number of methoxy groups -OCH3 is 1. The largest absolute Gasteiger partial charge is 0.464 e. The number of esters is 1. The first-order valence-corrected chi connectivity index (χ1v) is 7.78. The summed E-state index contributed by atoms with van der Waals surface area (Å²) in [6.45, 7) is 4.17. The lowest BCUT2D eigenvalue weighted by Gasteiger charge is -2.28. The van der Waals surface area contributed by atoms with Crippen LogP contribution in [0, 0.1) is 12.8 Å². The summed E-state index contributed by atoms with van der Waals surface area (Å²) in [5.41, 5.74) is 0.442. The average Bonchev–Trinajstić information content (AvgIpc) is 2.79. The van der Waals surface area contributed by atoms with Gasteiger partial charge in [0.15, 0.2) is 10.8 Å². The number of nitrogens with zero attached hydrogens (tertiary/aromatic N) is 1. The Bertz CT molecular complexity index is 437. The zero-order chi connectivity index (χ0) is 13.8. The molecule has 0 bridgehead atoms. The number of ether oxygens (including phenoxy) is 1. The van der Waals surface area contributed by atoms with E-state index in [1.54, 1.807) is 0 Å². The van der Waals surface area contributed by atoms with Crippen molar-refractivity contribution in [2.45, 2.75) is 52.0 Å². The maximum atomic E-state index is 11.5. The predicted molar refractivity (Wildman–Crippen MR) is 77.9 cm³/mol. The minimum absolute atomic E-state index is 0.350. The van der Waals surface area contributed by atoms with Crippen LogP contribution in [0.4, 0.5) is 5.13 Å². The van der Waals surface area contributed by atoms with Crippen molar-refractivity contribution < 1.29 is 9.53 Å². The maximum Gasteiger partial charge on any atom is 0.357 e. The minimum Gasteiger partial charge on any atom is -0.464 e. The van der Waals surface area contributed by atoms with Gasteiger partial charge in [0.05, 0.1) is 7.11 Å². The molecule has 1 aromatic rings. The van der Waals surface area contributed by atoms with Gasteiger partial charge in [-0.3, -0.25) is 0 Å². The average molecular weight is 282 g/mol. The zero-order valence-corrected chi connectivity index (χ0v) is 12.7. The Labute approximate surface area is 118 Å². The number of carbonyl (C=O) groups excluding carboxylic acids is 1. The van der Waals surface area contributed by atoms with Crippen molar-refractivity contribution in [1.82, 2.24) is 4.98 Å². The molecule has 0 aromatic carbocycles. The summed E-state index contributed by atoms with van der Waals surface area (Å²) >= 11 is 1.54. The lowest BCUT2D eigenvalue weighted by molar-refractivity contribution is 0.0594. The van der Waals surface area contributed by atoms with Gasteiger partial charge >= 0.3 is 5.97 Å². The molecule has 2 rings (SSSR count). The van der Waals surface area contributed by atoms with Gasteiger partial charge < -0.3 is 10.1 Å². The molecule has 1 fully saturated rings. The highest BCUT2D eigenvalue weighted by atomic mass is 32.1. The molecule has 0 unspecified atom stereocenters. The Kier molecular flexibility index (Phi) is 4.80. The molecule has 4 nitrogen and oxygen atoms in total. The van der Waals surface area contributed by atoms with E-state index in [1.807, 2.05) is 6.92 Å². The van der Waals surface area contributed by atoms with Crippen molar-refractivity contribution >= 4 is 22.4 Å². The van der Waals surface area contributed by atoms with Gasteiger partial charge in [0.25, 0.3) is 0 Å². The van der Waals surface area contributed by atoms with Crippen LogP contribution in [0.1, 0.15) is 54.4 Å². The molecule has 1 heterocycles. The maximum absolute atomic E-state index is 11.5. The molecule has 0 spiro atoms. The molecule has 0 amide bonds. The van der Waals surface area contributed by atoms with Gasteiger partial charge in [0.2, 0.25) is 0 Å². The number of hydrogen-bond donors (Lipinski definition) is 1. The molecule has 1 saturated carbocycles. The van der Waals surface area contributed by atoms with Crippen molar-refractivity contribution in [2.24, 2.45) is 5.92 Å². The van der Waals surface area contributed by atoms with Crippen LogP contribution in [-0.2, 0) is 4.74 Å². The highest BCUT2D eigenvalue weighted by molar-refractivity contribution is 7.15. The van der Waals surface area contributed by atoms with Gasteiger partial charge in [0.1, 0.15) is 0 Å². The summed E-state index contributed by atoms with van der Waals surface area (Å²) in [4.78, 5) is 16.8. The summed E-state index contributed by atoms with van der Waals surface area (Å²) in [7, 11) is 1.39. The second-order valence-electron chi connectivity index (χ2n) is 5.19. The SMILES string of the molecule is CCC1CCC(Nc2nc(C(=O)OC)c(C)s2)CC1. The second kappa shape index (κ2) is 6.37. The van der Waals surface area contributed by atoms with Crippen molar-refractivity contribution in [3.05, 3.63) is 10.6 Å². The molecule has 1 aliphatic carbocycles. The summed E-state index contributed by atoms with van der Waals surface area (Å²) in [6, 6.07) is 0.499. The third kappa shape index (κ3) is 3.47. The molecule has 0 saturated heterocycles. The molecule has 1 aliphatic rings. The van der Waals surface area contributed by atoms with E-state index in [9.17, 15) is 4.79 Å². The van der Waals surface area contributed by atoms with Crippen LogP contribution in [0.25, 0.3) is 0 Å². The Balaban J connectivity index is 1.95. The monoisotopic (exact) mass is 282 g/mol. The standard InChI is InChI=1S/C14H22N2O2S/c1-4-10-5-7-11(8-6-10)15-14-16-12(9(2)19-14)13(17)18-3/h10-11H,4-8H2,1-3H3,(H,15,16). The molecule has 106 valence electrons. The number of nitrogens with one attached hydrogen (secondary N) is 1. The molecule has 0 aliphatic heterocycles. The lowest BCUT2D eigenvalue weighted by atomic mass is 9.85. The van der Waals surface area contributed by atoms with E-state index in [0.717, 1.165) is 15.9 Å². The zero-order valence-electron chi connectivity index (χ0n) is 11.9. The van der Waals surface area contributed by atoms with E-state index in [1.165, 1.54) is 50.6 Å². The molecule has 0 radical (unpaired) electrons. The summed E-state index contributed by atoms with van der Waals surface area (Å²) < 4.78 is 4.73. The number of anilines is 1. The van der Waals surface area contributed by atoms with Crippen molar-refractivity contribution in [3.63, 3.8) is 0 Å². The van der Waals surface area contributed by atoms with E-state index in [-0.39, 0.29) is 5.97 Å². The molecule has 0 atom stereocenters. The van der Waals surface area contributed by atoms with Gasteiger partial charge in [-0.15, -0.1) is 11.3 Å². The Morgan fingerprint density at radius 3 is 2.68 bits per heavy atom. The third-order valence-electron chi connectivity index (χ3n) is 3.93. The van der Waals surface area contributed by atoms with Crippen molar-refractivity contribution in [2.75, 3.05) is 12.4 Å². The van der Waals surface area contributed by atoms with Crippen LogP contribution < -0.4 is 5.32 Å². The fourth-order valence-electron chi connectivity index (χ4n) is 2.63. The fourth-order valence-corrected chi connectivity index (χ4v) is 3.51. The van der Waals surface area contributed by atoms with Crippen LogP contribution in [0.15, 0.2) is 0 Å². The van der Waals surface area contributed by atoms with Gasteiger partial charge in [-0.25, -0.2) is 9.78 Å². The fraction of sp³-hybridized carbons (Fsp3) is 0.714. The van der Waals surface area contributed by atoms with Crippen molar-refractivity contribution in [1.29, 1.82) is 0 Å². The minimum atomic E-state index is -0.350. The number of hydrogen-bond acceptors (Lipinski definition) is 5. The van der Waals surface area contributed by atoms with E-state index in [4.69, 9.17) is 4.74 Å². The molecule has 1 aromatic heterocycles. The van der Waals surface area contributed by atoms with E-state index in [0.29, 0.717) is 11.7 Å². The van der Waals surface area contributed by atoms with E-state index in [2.05, 4.69) is 17.2 Å². The number of aryl methyl sites for hydroxylation is 1. The Hall–Kier alpha value is -1.10. The first kappa shape index (κ1) is 14.3. The third-order valence-corrected chi connectivity index (χ3v) is 4.83. The number of aromatic nitrogens is 1. The Morgan fingerprint density at radius 1 is 1.42 bits per heavy atom. The first-order chi connectivity index (χ1) is 9.13. The first-order valence-electron chi connectivity index (χ1n) is 6.96. The smallest absolute Gasteiger partial charge is 0.357 e. The number of thiazole rings is 1. The normalized spacial score (nSPS) is 23.1. The van der Waals surface area contributed by atoms with E-state index >= 15 is 0 Å². The highest BCUT2D eigenvalue weighted by Gasteiger charge is 2.22. The predicted octanol–water partition coefficient (Wildman–Crippen LogP) is 3.62. The molecule has 1 N–H and O–H groups in total. The van der Waals surface area contributed by atoms with Crippen LogP contribution in [0.3, 0.4) is 0 Å². The van der Waals surface area contributed by atoms with Crippen LogP contribution >= 0.6 is 11.3 Å². The van der Waals surface area contributed by atoms with Gasteiger partial charge in [0, 0.05) is 10.9 Å². The van der Waals surface area contributed by atoms with E-state index < -0.39 is 0 Å². The topological polar surface area (TPSA) is 51.2 Å². The highest BCUT2D eigenvalue weighted by Crippen LogP contribution is 2.30. The molecule has 19 heavy (non-hydrogen) atoms. The summed E-state index contributed by atoms with van der Waals surface area (Å²) in [6.07, 6.45) is 6.27. The Morgan fingerprint density at radius 2 is 2.11 bits per heavy atom. The van der Waals surface area contributed by atoms with Crippen LogP contribution in [-0.4, -0.2) is 24.1 Å². The number of rotatable bonds is 4. The second-order valence-corrected chi connectivity index (χ2v) is 6.39. The summed E-state index contributed by atoms with van der Waals surface area (Å²) in [5, 5.41) is 4.31. The van der Waals surface area contributed by atoms with Gasteiger partial charge in [-0.2, -0.15) is 0 Å². The molecular weight excluding hydrogens is 260 g/mol. The van der Waals surface area contributed by atoms with Gasteiger partial charge in [-0.05, 0) is 38.5 Å². The quantitative estimate of drug-likeness (QED) is 0.857.